The van der Waals surface area contributed by atoms with Gasteiger partial charge in [-0.3, -0.25) is 0 Å². The van der Waals surface area contributed by atoms with E-state index in [0.717, 1.165) is 65.7 Å². The molecule has 2 atom stereocenters. The summed E-state index contributed by atoms with van der Waals surface area (Å²) < 4.78 is 12.8. The minimum Gasteiger partial charge on any atom is -0.476 e. The van der Waals surface area contributed by atoms with E-state index in [1.165, 1.54) is 24.1 Å². The summed E-state index contributed by atoms with van der Waals surface area (Å²) in [7, 11) is 2.19. The van der Waals surface area contributed by atoms with Crippen LogP contribution in [-0.4, -0.2) is 62.3 Å². The number of halogens is 1. The molecule has 0 aliphatic carbocycles. The summed E-state index contributed by atoms with van der Waals surface area (Å²) in [5.74, 6) is 0.731. The second kappa shape index (κ2) is 9.94. The maximum absolute atomic E-state index is 6.64. The molecule has 7 heteroatoms. The number of benzene rings is 2. The Balaban J connectivity index is 1.33. The molecule has 2 aromatic carbocycles. The van der Waals surface area contributed by atoms with Gasteiger partial charge in [-0.15, -0.1) is 0 Å². The second-order valence-electron chi connectivity index (χ2n) is 9.92. The van der Waals surface area contributed by atoms with Gasteiger partial charge in [0.1, 0.15) is 6.61 Å². The average Bonchev–Trinajstić information content (AvgIpc) is 3.31. The molecule has 0 saturated carbocycles. The zero-order valence-electron chi connectivity index (χ0n) is 20.3. The second-order valence-corrected chi connectivity index (χ2v) is 10.3. The Bertz CT molecular complexity index is 1210. The number of piperazine rings is 1. The van der Waals surface area contributed by atoms with Crippen molar-refractivity contribution in [1.29, 1.82) is 0 Å². The van der Waals surface area contributed by atoms with Crippen molar-refractivity contribution in [1.82, 2.24) is 15.2 Å². The largest absolute Gasteiger partial charge is 0.476 e. The summed E-state index contributed by atoms with van der Waals surface area (Å²) in [6, 6.07) is 15.0. The van der Waals surface area contributed by atoms with E-state index in [0.29, 0.717) is 25.7 Å². The van der Waals surface area contributed by atoms with Crippen molar-refractivity contribution in [2.75, 3.05) is 51.3 Å². The molecule has 2 fully saturated rings. The number of hydrogen-bond donors (Lipinski definition) is 1. The number of likely N-dealkylation sites (tertiary alicyclic amines) is 1. The maximum Gasteiger partial charge on any atom is 0.215 e. The van der Waals surface area contributed by atoms with Crippen LogP contribution in [0.5, 0.6) is 5.88 Å². The molecule has 1 N–H and O–H groups in total. The van der Waals surface area contributed by atoms with Crippen molar-refractivity contribution >= 4 is 28.1 Å². The number of aromatic nitrogens is 1. The molecule has 6 nitrogen and oxygen atoms in total. The van der Waals surface area contributed by atoms with Gasteiger partial charge in [0.15, 0.2) is 0 Å². The summed E-state index contributed by atoms with van der Waals surface area (Å²) >= 11 is 6.64. The molecule has 3 aromatic rings. The van der Waals surface area contributed by atoms with Crippen molar-refractivity contribution in [3.05, 3.63) is 64.3 Å². The van der Waals surface area contributed by atoms with E-state index >= 15 is 0 Å². The number of likely N-dealkylation sites (N-methyl/N-ethyl adjacent to an activating group) is 1. The van der Waals surface area contributed by atoms with Crippen LogP contribution in [0, 0.1) is 0 Å². The molecule has 3 aliphatic heterocycles. The van der Waals surface area contributed by atoms with Crippen LogP contribution in [0.25, 0.3) is 10.8 Å². The third-order valence-electron chi connectivity index (χ3n) is 7.76. The topological polar surface area (TPSA) is 49.9 Å². The first-order valence-corrected chi connectivity index (χ1v) is 13.2. The van der Waals surface area contributed by atoms with E-state index in [-0.39, 0.29) is 6.10 Å². The highest BCUT2D eigenvalue weighted by Crippen LogP contribution is 2.40. The van der Waals surface area contributed by atoms with Crippen LogP contribution in [0.15, 0.2) is 42.5 Å². The standard InChI is InChI=1S/C28H33ClN4O2/c1-32-12-4-7-20(32)17-35-27-16-25(33-13-10-30-11-14-33)22-18-34-26(15-24(22)31-27)21-8-2-5-19-6-3-9-23(29)28(19)21/h2-3,5-6,8-9,16,20,26,30H,4,7,10-15,17-18H2,1H3/t20-,26?/m0/s1. The van der Waals surface area contributed by atoms with Crippen molar-refractivity contribution in [3.8, 4) is 5.88 Å². The van der Waals surface area contributed by atoms with Crippen LogP contribution in [-0.2, 0) is 17.8 Å². The first kappa shape index (κ1) is 23.0. The molecule has 6 rings (SSSR count). The summed E-state index contributed by atoms with van der Waals surface area (Å²) in [4.78, 5) is 9.88. The van der Waals surface area contributed by atoms with Gasteiger partial charge in [-0.25, -0.2) is 4.98 Å². The summed E-state index contributed by atoms with van der Waals surface area (Å²) in [5.41, 5.74) is 4.61. The Kier molecular flexibility index (Phi) is 6.54. The van der Waals surface area contributed by atoms with Crippen LogP contribution in [0.2, 0.25) is 5.02 Å². The van der Waals surface area contributed by atoms with E-state index in [1.54, 1.807) is 0 Å². The fraction of sp³-hybridized carbons (Fsp3) is 0.464. The molecule has 2 saturated heterocycles. The van der Waals surface area contributed by atoms with Gasteiger partial charge in [-0.1, -0.05) is 41.9 Å². The highest BCUT2D eigenvalue weighted by Gasteiger charge is 2.29. The molecule has 1 aromatic heterocycles. The van der Waals surface area contributed by atoms with Crippen molar-refractivity contribution in [3.63, 3.8) is 0 Å². The smallest absolute Gasteiger partial charge is 0.215 e. The number of anilines is 1. The van der Waals surface area contributed by atoms with Crippen molar-refractivity contribution < 1.29 is 9.47 Å². The SMILES string of the molecule is CN1CCC[C@H]1COc1cc(N2CCNCC2)c2c(n1)CC(c1cccc3cccc(Cl)c13)OC2. The number of ether oxygens (including phenoxy) is 2. The molecule has 0 radical (unpaired) electrons. The van der Waals surface area contributed by atoms with Gasteiger partial charge >= 0.3 is 0 Å². The first-order valence-electron chi connectivity index (χ1n) is 12.8. The normalized spacial score (nSPS) is 23.0. The number of hydrogen-bond acceptors (Lipinski definition) is 6. The van der Waals surface area contributed by atoms with Gasteiger partial charge in [0.05, 0.1) is 18.4 Å². The number of rotatable bonds is 5. The zero-order valence-corrected chi connectivity index (χ0v) is 21.1. The predicted octanol–water partition coefficient (Wildman–Crippen LogP) is 4.58. The molecule has 35 heavy (non-hydrogen) atoms. The molecular formula is C28H33ClN4O2. The van der Waals surface area contributed by atoms with Crippen molar-refractivity contribution in [2.45, 2.75) is 38.0 Å². The Morgan fingerprint density at radius 2 is 1.97 bits per heavy atom. The third kappa shape index (κ3) is 4.60. The van der Waals surface area contributed by atoms with E-state index < -0.39 is 0 Å². The lowest BCUT2D eigenvalue weighted by Crippen LogP contribution is -2.44. The Hall–Kier alpha value is -2.38. The molecule has 0 amide bonds. The number of nitrogens with zero attached hydrogens (tertiary/aromatic N) is 3. The lowest BCUT2D eigenvalue weighted by atomic mass is 9.94. The number of pyridine rings is 1. The molecule has 1 unspecified atom stereocenters. The summed E-state index contributed by atoms with van der Waals surface area (Å²) in [6.45, 7) is 6.29. The molecular weight excluding hydrogens is 460 g/mol. The van der Waals surface area contributed by atoms with Gasteiger partial charge in [-0.05, 0) is 43.5 Å². The fourth-order valence-corrected chi connectivity index (χ4v) is 6.04. The van der Waals surface area contributed by atoms with Gasteiger partial charge in [0.2, 0.25) is 5.88 Å². The van der Waals surface area contributed by atoms with E-state index in [9.17, 15) is 0 Å². The van der Waals surface area contributed by atoms with Crippen LogP contribution in [0.4, 0.5) is 5.69 Å². The third-order valence-corrected chi connectivity index (χ3v) is 8.07. The van der Waals surface area contributed by atoms with Gasteiger partial charge in [-0.2, -0.15) is 0 Å². The minimum absolute atomic E-state index is 0.0920. The minimum atomic E-state index is -0.0920. The van der Waals surface area contributed by atoms with E-state index in [4.69, 9.17) is 26.1 Å². The predicted molar refractivity (Wildman–Crippen MR) is 141 cm³/mol. The zero-order chi connectivity index (χ0) is 23.8. The first-order chi connectivity index (χ1) is 17.2. The molecule has 4 heterocycles. The average molecular weight is 493 g/mol. The highest BCUT2D eigenvalue weighted by molar-refractivity contribution is 6.35. The maximum atomic E-state index is 6.64. The van der Waals surface area contributed by atoms with Crippen LogP contribution in [0.3, 0.4) is 0 Å². The van der Waals surface area contributed by atoms with Crippen LogP contribution < -0.4 is 15.0 Å². The lowest BCUT2D eigenvalue weighted by Gasteiger charge is -2.34. The van der Waals surface area contributed by atoms with E-state index in [1.807, 2.05) is 12.1 Å². The number of fused-ring (bicyclic) bond motifs is 2. The van der Waals surface area contributed by atoms with Gasteiger partial charge in [0, 0.05) is 66.4 Å². The molecule has 0 spiro atoms. The molecule has 184 valence electrons. The lowest BCUT2D eigenvalue weighted by molar-refractivity contribution is 0.0269. The van der Waals surface area contributed by atoms with Crippen LogP contribution in [0.1, 0.15) is 35.8 Å². The van der Waals surface area contributed by atoms with E-state index in [2.05, 4.69) is 52.5 Å². The monoisotopic (exact) mass is 492 g/mol. The Morgan fingerprint density at radius 3 is 2.77 bits per heavy atom. The Labute approximate surface area is 212 Å². The van der Waals surface area contributed by atoms with Crippen molar-refractivity contribution in [2.24, 2.45) is 0 Å². The van der Waals surface area contributed by atoms with Crippen LogP contribution >= 0.6 is 11.6 Å². The van der Waals surface area contributed by atoms with Gasteiger partial charge < -0.3 is 24.6 Å². The summed E-state index contributed by atoms with van der Waals surface area (Å²) in [6.07, 6.45) is 3.04. The Morgan fingerprint density at radius 1 is 1.14 bits per heavy atom. The summed E-state index contributed by atoms with van der Waals surface area (Å²) in [5, 5.41) is 6.43. The quantitative estimate of drug-likeness (QED) is 0.562. The molecule has 0 bridgehead atoms. The molecule has 3 aliphatic rings. The highest BCUT2D eigenvalue weighted by atomic mass is 35.5. The number of nitrogens with one attached hydrogen (secondary N) is 1. The van der Waals surface area contributed by atoms with Gasteiger partial charge in [0.25, 0.3) is 0 Å². The fourth-order valence-electron chi connectivity index (χ4n) is 5.75.